The molecule has 2 N–H and O–H groups in total. The van der Waals surface area contributed by atoms with E-state index in [0.29, 0.717) is 0 Å². The van der Waals surface area contributed by atoms with Crippen LogP contribution in [0.5, 0.6) is 0 Å². The van der Waals surface area contributed by atoms with E-state index in [-0.39, 0.29) is 6.04 Å². The van der Waals surface area contributed by atoms with Gasteiger partial charge in [-0.25, -0.2) is 0 Å². The first-order valence-corrected chi connectivity index (χ1v) is 4.39. The number of pyridine rings is 1. The summed E-state index contributed by atoms with van der Waals surface area (Å²) in [5.41, 5.74) is 7.78. The van der Waals surface area contributed by atoms with Crippen LogP contribution in [0.1, 0.15) is 24.9 Å². The van der Waals surface area contributed by atoms with Crippen LogP contribution < -0.4 is 5.73 Å². The Bertz CT molecular complexity index is 408. The molecule has 3 heteroatoms. The SMILES string of the molecule is CCC(N)c1cncc2ccoc12. The molecule has 1 atom stereocenters. The number of hydrogen-bond donors (Lipinski definition) is 1. The lowest BCUT2D eigenvalue weighted by Gasteiger charge is -2.07. The highest BCUT2D eigenvalue weighted by Crippen LogP contribution is 2.23. The number of nitrogens with zero attached hydrogens (tertiary/aromatic N) is 1. The van der Waals surface area contributed by atoms with Crippen molar-refractivity contribution in [2.75, 3.05) is 0 Å². The molecular formula is C10H12N2O. The molecule has 2 rings (SSSR count). The minimum atomic E-state index is 0.0161. The summed E-state index contributed by atoms with van der Waals surface area (Å²) in [5, 5.41) is 1.02. The molecule has 2 heterocycles. The lowest BCUT2D eigenvalue weighted by molar-refractivity contribution is 0.597. The van der Waals surface area contributed by atoms with Crippen molar-refractivity contribution in [1.29, 1.82) is 0 Å². The maximum absolute atomic E-state index is 5.92. The molecule has 2 aromatic rings. The number of fused-ring (bicyclic) bond motifs is 1. The van der Waals surface area contributed by atoms with Crippen LogP contribution in [0.3, 0.4) is 0 Å². The summed E-state index contributed by atoms with van der Waals surface area (Å²) in [6.07, 6.45) is 6.12. The van der Waals surface area contributed by atoms with Gasteiger partial charge in [-0.05, 0) is 12.5 Å². The molecule has 1 unspecified atom stereocenters. The van der Waals surface area contributed by atoms with E-state index in [2.05, 4.69) is 4.98 Å². The van der Waals surface area contributed by atoms with E-state index in [1.165, 1.54) is 0 Å². The Morgan fingerprint density at radius 1 is 1.54 bits per heavy atom. The smallest absolute Gasteiger partial charge is 0.141 e. The third kappa shape index (κ3) is 1.31. The minimum absolute atomic E-state index is 0.0161. The van der Waals surface area contributed by atoms with E-state index in [9.17, 15) is 0 Å². The Morgan fingerprint density at radius 2 is 2.38 bits per heavy atom. The fourth-order valence-electron chi connectivity index (χ4n) is 1.40. The lowest BCUT2D eigenvalue weighted by Crippen LogP contribution is -2.08. The Morgan fingerprint density at radius 3 is 3.15 bits per heavy atom. The molecule has 2 aromatic heterocycles. The van der Waals surface area contributed by atoms with E-state index in [1.807, 2.05) is 13.0 Å². The predicted molar refractivity (Wildman–Crippen MR) is 51.2 cm³/mol. The van der Waals surface area contributed by atoms with Gasteiger partial charge in [-0.2, -0.15) is 0 Å². The Balaban J connectivity index is 2.60. The first kappa shape index (κ1) is 8.26. The second-order valence-electron chi connectivity index (χ2n) is 3.08. The second kappa shape index (κ2) is 3.18. The molecule has 68 valence electrons. The number of hydrogen-bond acceptors (Lipinski definition) is 3. The molecule has 0 aliphatic heterocycles. The zero-order valence-electron chi connectivity index (χ0n) is 7.53. The fourth-order valence-corrected chi connectivity index (χ4v) is 1.40. The molecular weight excluding hydrogens is 164 g/mol. The topological polar surface area (TPSA) is 52.0 Å². The van der Waals surface area contributed by atoms with Crippen molar-refractivity contribution in [3.05, 3.63) is 30.3 Å². The average Bonchev–Trinajstić information content (AvgIpc) is 2.63. The third-order valence-electron chi connectivity index (χ3n) is 2.22. The minimum Gasteiger partial charge on any atom is -0.464 e. The van der Waals surface area contributed by atoms with Gasteiger partial charge in [0.05, 0.1) is 6.26 Å². The number of rotatable bonds is 2. The Hall–Kier alpha value is -1.35. The van der Waals surface area contributed by atoms with E-state index in [4.69, 9.17) is 10.2 Å². The largest absolute Gasteiger partial charge is 0.464 e. The highest BCUT2D eigenvalue weighted by molar-refractivity contribution is 5.79. The summed E-state index contributed by atoms with van der Waals surface area (Å²) in [6.45, 7) is 2.05. The summed E-state index contributed by atoms with van der Waals surface area (Å²) < 4.78 is 5.35. The van der Waals surface area contributed by atoms with Crippen molar-refractivity contribution in [2.45, 2.75) is 19.4 Å². The van der Waals surface area contributed by atoms with Crippen molar-refractivity contribution < 1.29 is 4.42 Å². The van der Waals surface area contributed by atoms with Crippen LogP contribution in [0.15, 0.2) is 29.1 Å². The molecule has 0 aliphatic carbocycles. The van der Waals surface area contributed by atoms with Crippen LogP contribution in [-0.2, 0) is 0 Å². The van der Waals surface area contributed by atoms with Crippen LogP contribution in [0.4, 0.5) is 0 Å². The number of aromatic nitrogens is 1. The van der Waals surface area contributed by atoms with Gasteiger partial charge in [-0.3, -0.25) is 4.98 Å². The second-order valence-corrected chi connectivity index (χ2v) is 3.08. The monoisotopic (exact) mass is 176 g/mol. The summed E-state index contributed by atoms with van der Waals surface area (Å²) in [7, 11) is 0. The standard InChI is InChI=1S/C10H12N2O/c1-2-9(11)8-6-12-5-7-3-4-13-10(7)8/h3-6,9H,2,11H2,1H3. The maximum atomic E-state index is 5.92. The average molecular weight is 176 g/mol. The van der Waals surface area contributed by atoms with Crippen LogP contribution >= 0.6 is 0 Å². The summed E-state index contributed by atoms with van der Waals surface area (Å²) in [6, 6.07) is 1.91. The van der Waals surface area contributed by atoms with Crippen molar-refractivity contribution in [3.8, 4) is 0 Å². The normalized spacial score (nSPS) is 13.4. The van der Waals surface area contributed by atoms with E-state index < -0.39 is 0 Å². The van der Waals surface area contributed by atoms with E-state index in [1.54, 1.807) is 18.7 Å². The molecule has 0 aromatic carbocycles. The summed E-state index contributed by atoms with van der Waals surface area (Å²) >= 11 is 0. The van der Waals surface area contributed by atoms with Gasteiger partial charge in [0.15, 0.2) is 0 Å². The molecule has 3 nitrogen and oxygen atoms in total. The van der Waals surface area contributed by atoms with Gasteiger partial charge in [-0.1, -0.05) is 6.92 Å². The molecule has 0 amide bonds. The van der Waals surface area contributed by atoms with Crippen LogP contribution in [0, 0.1) is 0 Å². The van der Waals surface area contributed by atoms with Gasteiger partial charge in [0, 0.05) is 29.4 Å². The molecule has 0 bridgehead atoms. The van der Waals surface area contributed by atoms with Crippen molar-refractivity contribution in [2.24, 2.45) is 5.73 Å². The Labute approximate surface area is 76.6 Å². The number of furan rings is 1. The molecule has 0 spiro atoms. The van der Waals surface area contributed by atoms with E-state index >= 15 is 0 Å². The maximum Gasteiger partial charge on any atom is 0.141 e. The summed E-state index contributed by atoms with van der Waals surface area (Å²) in [4.78, 5) is 4.11. The van der Waals surface area contributed by atoms with Gasteiger partial charge in [0.25, 0.3) is 0 Å². The van der Waals surface area contributed by atoms with Crippen LogP contribution in [-0.4, -0.2) is 4.98 Å². The van der Waals surface area contributed by atoms with Crippen molar-refractivity contribution in [3.63, 3.8) is 0 Å². The highest BCUT2D eigenvalue weighted by atomic mass is 16.3. The quantitative estimate of drug-likeness (QED) is 0.763. The van der Waals surface area contributed by atoms with Crippen LogP contribution in [0.25, 0.3) is 11.0 Å². The highest BCUT2D eigenvalue weighted by Gasteiger charge is 2.10. The molecule has 0 radical (unpaired) electrons. The summed E-state index contributed by atoms with van der Waals surface area (Å²) in [5.74, 6) is 0. The van der Waals surface area contributed by atoms with Gasteiger partial charge in [0.2, 0.25) is 0 Å². The van der Waals surface area contributed by atoms with Gasteiger partial charge >= 0.3 is 0 Å². The molecule has 0 aliphatic rings. The fraction of sp³-hybridized carbons (Fsp3) is 0.300. The lowest BCUT2D eigenvalue weighted by atomic mass is 10.1. The Kier molecular flexibility index (Phi) is 2.02. The molecule has 0 saturated heterocycles. The predicted octanol–water partition coefficient (Wildman–Crippen LogP) is 2.24. The van der Waals surface area contributed by atoms with Gasteiger partial charge in [-0.15, -0.1) is 0 Å². The zero-order valence-corrected chi connectivity index (χ0v) is 7.53. The van der Waals surface area contributed by atoms with Gasteiger partial charge in [0.1, 0.15) is 5.58 Å². The molecule has 0 saturated carbocycles. The van der Waals surface area contributed by atoms with Gasteiger partial charge < -0.3 is 10.2 Å². The van der Waals surface area contributed by atoms with Crippen LogP contribution in [0.2, 0.25) is 0 Å². The van der Waals surface area contributed by atoms with Crippen molar-refractivity contribution >= 4 is 11.0 Å². The first-order valence-electron chi connectivity index (χ1n) is 4.39. The third-order valence-corrected chi connectivity index (χ3v) is 2.22. The van der Waals surface area contributed by atoms with E-state index in [0.717, 1.165) is 23.0 Å². The zero-order chi connectivity index (χ0) is 9.26. The number of nitrogens with two attached hydrogens (primary N) is 1. The first-order chi connectivity index (χ1) is 6.33. The molecule has 0 fully saturated rings. The molecule has 13 heavy (non-hydrogen) atoms. The van der Waals surface area contributed by atoms with Crippen molar-refractivity contribution in [1.82, 2.24) is 4.98 Å².